The zero-order chi connectivity index (χ0) is 15.1. The Morgan fingerprint density at radius 3 is 2.40 bits per heavy atom. The number of anilines is 1. The summed E-state index contributed by atoms with van der Waals surface area (Å²) < 4.78 is 30.7. The van der Waals surface area contributed by atoms with Gasteiger partial charge in [0.05, 0.1) is 18.2 Å². The monoisotopic (exact) mass is 295 g/mol. The molecule has 0 fully saturated rings. The summed E-state index contributed by atoms with van der Waals surface area (Å²) in [5, 5.41) is 4.05. The molecule has 0 amide bonds. The number of ether oxygens (including phenoxy) is 1. The van der Waals surface area contributed by atoms with Crippen molar-refractivity contribution < 1.29 is 13.2 Å². The molecule has 2 aromatic rings. The highest BCUT2D eigenvalue weighted by atomic mass is 32.2. The van der Waals surface area contributed by atoms with Crippen LogP contribution in [0.1, 0.15) is 5.56 Å². The maximum atomic E-state index is 12.0. The van der Waals surface area contributed by atoms with E-state index >= 15 is 0 Å². The second kappa shape index (κ2) is 4.82. The standard InChI is InChI=1S/C13H17N3O3S/c1-8-5-12(20(4,17)18)9(6-11(8)19-3)10-7-15-16(2)13(10)14/h5-7H,14H2,1-4H3. The van der Waals surface area contributed by atoms with Crippen LogP contribution >= 0.6 is 0 Å². The van der Waals surface area contributed by atoms with E-state index in [2.05, 4.69) is 5.10 Å². The summed E-state index contributed by atoms with van der Waals surface area (Å²) >= 11 is 0. The minimum absolute atomic E-state index is 0.218. The maximum Gasteiger partial charge on any atom is 0.176 e. The first-order valence-electron chi connectivity index (χ1n) is 5.92. The van der Waals surface area contributed by atoms with Crippen LogP contribution in [-0.2, 0) is 16.9 Å². The van der Waals surface area contributed by atoms with E-state index in [1.807, 2.05) is 0 Å². The van der Waals surface area contributed by atoms with E-state index in [-0.39, 0.29) is 4.90 Å². The summed E-state index contributed by atoms with van der Waals surface area (Å²) in [5.41, 5.74) is 7.77. The first kappa shape index (κ1) is 14.4. The van der Waals surface area contributed by atoms with Crippen molar-refractivity contribution in [3.05, 3.63) is 23.9 Å². The molecule has 0 spiro atoms. The van der Waals surface area contributed by atoms with E-state index in [0.29, 0.717) is 22.7 Å². The number of aromatic nitrogens is 2. The lowest BCUT2D eigenvalue weighted by molar-refractivity contribution is 0.411. The van der Waals surface area contributed by atoms with Crippen molar-refractivity contribution in [3.8, 4) is 16.9 Å². The van der Waals surface area contributed by atoms with E-state index in [1.165, 1.54) is 10.9 Å². The molecule has 0 bridgehead atoms. The van der Waals surface area contributed by atoms with Gasteiger partial charge in [-0.05, 0) is 24.6 Å². The normalized spacial score (nSPS) is 11.6. The molecule has 0 aliphatic carbocycles. The summed E-state index contributed by atoms with van der Waals surface area (Å²) in [6.07, 6.45) is 2.72. The molecule has 0 atom stereocenters. The van der Waals surface area contributed by atoms with E-state index in [0.717, 1.165) is 5.56 Å². The third kappa shape index (κ3) is 2.36. The number of hydrogen-bond donors (Lipinski definition) is 1. The van der Waals surface area contributed by atoms with Gasteiger partial charge in [0.15, 0.2) is 9.84 Å². The summed E-state index contributed by atoms with van der Waals surface area (Å²) in [4.78, 5) is 0.218. The molecule has 1 aromatic heterocycles. The lowest BCUT2D eigenvalue weighted by Gasteiger charge is -2.12. The largest absolute Gasteiger partial charge is 0.496 e. The van der Waals surface area contributed by atoms with Crippen molar-refractivity contribution in [1.29, 1.82) is 0 Å². The lowest BCUT2D eigenvalue weighted by Crippen LogP contribution is -2.04. The molecule has 1 heterocycles. The molecular formula is C13H17N3O3S. The van der Waals surface area contributed by atoms with E-state index in [9.17, 15) is 8.42 Å². The van der Waals surface area contributed by atoms with Crippen molar-refractivity contribution in [1.82, 2.24) is 9.78 Å². The molecule has 2 N–H and O–H groups in total. The highest BCUT2D eigenvalue weighted by Gasteiger charge is 2.20. The summed E-state index contributed by atoms with van der Waals surface area (Å²) in [6, 6.07) is 3.27. The molecule has 108 valence electrons. The Balaban J connectivity index is 2.83. The predicted molar refractivity (Wildman–Crippen MR) is 77.5 cm³/mol. The Labute approximate surface area is 118 Å². The molecule has 0 aliphatic rings. The Kier molecular flexibility index (Phi) is 3.47. The highest BCUT2D eigenvalue weighted by molar-refractivity contribution is 7.90. The minimum atomic E-state index is -3.38. The molecule has 0 saturated heterocycles. The lowest BCUT2D eigenvalue weighted by atomic mass is 10.1. The van der Waals surface area contributed by atoms with Crippen LogP contribution in [0.3, 0.4) is 0 Å². The Morgan fingerprint density at radius 1 is 1.30 bits per heavy atom. The fourth-order valence-corrected chi connectivity index (χ4v) is 3.01. The second-order valence-corrected chi connectivity index (χ2v) is 6.64. The molecule has 7 heteroatoms. The number of aryl methyl sites for hydroxylation is 2. The molecule has 0 saturated carbocycles. The van der Waals surface area contributed by atoms with E-state index in [1.54, 1.807) is 39.4 Å². The minimum Gasteiger partial charge on any atom is -0.496 e. The zero-order valence-electron chi connectivity index (χ0n) is 11.8. The van der Waals surface area contributed by atoms with Crippen molar-refractivity contribution in [3.63, 3.8) is 0 Å². The summed E-state index contributed by atoms with van der Waals surface area (Å²) in [7, 11) is -0.145. The quantitative estimate of drug-likeness (QED) is 0.924. The molecule has 0 unspecified atom stereocenters. The first-order valence-corrected chi connectivity index (χ1v) is 7.81. The number of benzene rings is 1. The smallest absolute Gasteiger partial charge is 0.176 e. The number of nitrogen functional groups attached to an aromatic ring is 1. The highest BCUT2D eigenvalue weighted by Crippen LogP contribution is 2.36. The van der Waals surface area contributed by atoms with Gasteiger partial charge in [-0.15, -0.1) is 0 Å². The number of methoxy groups -OCH3 is 1. The fraction of sp³-hybridized carbons (Fsp3) is 0.308. The van der Waals surface area contributed by atoms with Gasteiger partial charge in [-0.2, -0.15) is 5.10 Å². The average Bonchev–Trinajstić information content (AvgIpc) is 2.69. The van der Waals surface area contributed by atoms with Gasteiger partial charge < -0.3 is 10.5 Å². The van der Waals surface area contributed by atoms with Gasteiger partial charge in [-0.1, -0.05) is 0 Å². The van der Waals surface area contributed by atoms with Crippen LogP contribution in [0.4, 0.5) is 5.82 Å². The average molecular weight is 295 g/mol. The van der Waals surface area contributed by atoms with Crippen LogP contribution in [0.5, 0.6) is 5.75 Å². The number of rotatable bonds is 3. The van der Waals surface area contributed by atoms with Gasteiger partial charge in [0.25, 0.3) is 0 Å². The van der Waals surface area contributed by atoms with Gasteiger partial charge >= 0.3 is 0 Å². The molecule has 2 rings (SSSR count). The Hall–Kier alpha value is -2.02. The van der Waals surface area contributed by atoms with E-state index in [4.69, 9.17) is 10.5 Å². The SMILES string of the molecule is COc1cc(-c2cnn(C)c2N)c(S(C)(=O)=O)cc1C. The second-order valence-electron chi connectivity index (χ2n) is 4.66. The maximum absolute atomic E-state index is 12.0. The molecule has 0 aliphatic heterocycles. The topological polar surface area (TPSA) is 87.2 Å². The van der Waals surface area contributed by atoms with Gasteiger partial charge in [-0.25, -0.2) is 8.42 Å². The third-order valence-electron chi connectivity index (χ3n) is 3.17. The van der Waals surface area contributed by atoms with Crippen LogP contribution in [0, 0.1) is 6.92 Å². The number of nitrogens with two attached hydrogens (primary N) is 1. The van der Waals surface area contributed by atoms with Crippen LogP contribution in [0.15, 0.2) is 23.2 Å². The number of sulfone groups is 1. The van der Waals surface area contributed by atoms with Crippen molar-refractivity contribution >= 4 is 15.7 Å². The molecular weight excluding hydrogens is 278 g/mol. The molecule has 20 heavy (non-hydrogen) atoms. The van der Waals surface area contributed by atoms with Crippen molar-refractivity contribution in [2.75, 3.05) is 19.1 Å². The van der Waals surface area contributed by atoms with Crippen LogP contribution in [0.25, 0.3) is 11.1 Å². The third-order valence-corrected chi connectivity index (χ3v) is 4.31. The first-order chi connectivity index (χ1) is 9.25. The number of nitrogens with zero attached hydrogens (tertiary/aromatic N) is 2. The Bertz CT molecular complexity index is 763. The van der Waals surface area contributed by atoms with E-state index < -0.39 is 9.84 Å². The predicted octanol–water partition coefficient (Wildman–Crippen LogP) is 1.39. The van der Waals surface area contributed by atoms with Crippen LogP contribution in [0.2, 0.25) is 0 Å². The summed E-state index contributed by atoms with van der Waals surface area (Å²) in [6.45, 7) is 1.80. The number of hydrogen-bond acceptors (Lipinski definition) is 5. The molecule has 6 nitrogen and oxygen atoms in total. The van der Waals surface area contributed by atoms with Crippen molar-refractivity contribution in [2.24, 2.45) is 7.05 Å². The van der Waals surface area contributed by atoms with Gasteiger partial charge in [0, 0.05) is 24.4 Å². The molecule has 0 radical (unpaired) electrons. The van der Waals surface area contributed by atoms with Gasteiger partial charge in [0.1, 0.15) is 11.6 Å². The van der Waals surface area contributed by atoms with Crippen molar-refractivity contribution in [2.45, 2.75) is 11.8 Å². The van der Waals surface area contributed by atoms with Gasteiger partial charge in [0.2, 0.25) is 0 Å². The zero-order valence-corrected chi connectivity index (χ0v) is 12.7. The summed E-state index contributed by atoms with van der Waals surface area (Å²) in [5.74, 6) is 1.01. The fourth-order valence-electron chi connectivity index (χ4n) is 2.05. The van der Waals surface area contributed by atoms with Crippen LogP contribution < -0.4 is 10.5 Å². The Morgan fingerprint density at radius 2 is 1.95 bits per heavy atom. The molecule has 1 aromatic carbocycles. The van der Waals surface area contributed by atoms with Gasteiger partial charge in [-0.3, -0.25) is 4.68 Å². The van der Waals surface area contributed by atoms with Crippen LogP contribution in [-0.4, -0.2) is 31.6 Å².